The quantitative estimate of drug-likeness (QED) is 0.352. The molecule has 0 spiro atoms. The minimum absolute atomic E-state index is 0.133. The summed E-state index contributed by atoms with van der Waals surface area (Å²) in [6.07, 6.45) is 2.72. The monoisotopic (exact) mass is 515 g/mol. The Morgan fingerprint density at radius 3 is 2.12 bits per heavy atom. The van der Waals surface area contributed by atoms with Gasteiger partial charge in [0.25, 0.3) is 0 Å². The van der Waals surface area contributed by atoms with Crippen molar-refractivity contribution in [3.63, 3.8) is 0 Å². The summed E-state index contributed by atoms with van der Waals surface area (Å²) in [6.45, 7) is 0. The van der Waals surface area contributed by atoms with Crippen LogP contribution < -0.4 is 4.72 Å². The summed E-state index contributed by atoms with van der Waals surface area (Å²) in [5.41, 5.74) is 3.06. The first-order chi connectivity index (χ1) is 15.3. The number of halogens is 1. The number of carboxylic acids is 1. The van der Waals surface area contributed by atoms with E-state index in [1.165, 1.54) is 0 Å². The van der Waals surface area contributed by atoms with E-state index in [2.05, 4.69) is 20.7 Å². The van der Waals surface area contributed by atoms with E-state index in [4.69, 9.17) is 5.11 Å². The molecule has 0 aliphatic heterocycles. The second kappa shape index (κ2) is 11.4. The fraction of sp³-hybridized carbons (Fsp3) is 0.240. The lowest BCUT2D eigenvalue weighted by Crippen LogP contribution is -2.29. The molecule has 168 valence electrons. The molecule has 0 fully saturated rings. The van der Waals surface area contributed by atoms with E-state index in [-0.39, 0.29) is 11.3 Å². The van der Waals surface area contributed by atoms with Gasteiger partial charge in [0.15, 0.2) is 0 Å². The van der Waals surface area contributed by atoms with Gasteiger partial charge >= 0.3 is 5.97 Å². The normalized spacial score (nSPS) is 12.4. The first-order valence-corrected chi connectivity index (χ1v) is 12.7. The summed E-state index contributed by atoms with van der Waals surface area (Å²) < 4.78 is 29.7. The van der Waals surface area contributed by atoms with Gasteiger partial charge in [-0.1, -0.05) is 70.5 Å². The highest BCUT2D eigenvalue weighted by Gasteiger charge is 2.21. The molecule has 0 aliphatic carbocycles. The van der Waals surface area contributed by atoms with Gasteiger partial charge in [-0.25, -0.2) is 13.1 Å². The number of benzene rings is 3. The minimum atomic E-state index is -3.70. The van der Waals surface area contributed by atoms with Crippen LogP contribution in [0.2, 0.25) is 0 Å². The molecule has 2 N–H and O–H groups in total. The molecule has 0 aliphatic rings. The topological polar surface area (TPSA) is 83.5 Å². The van der Waals surface area contributed by atoms with Gasteiger partial charge in [0.05, 0.1) is 4.90 Å². The first kappa shape index (κ1) is 24.2. The predicted octanol–water partition coefficient (Wildman–Crippen LogP) is 5.51. The molecule has 0 bridgehead atoms. The van der Waals surface area contributed by atoms with Crippen LogP contribution in [0.4, 0.5) is 0 Å². The molecule has 3 aromatic carbocycles. The van der Waals surface area contributed by atoms with Crippen molar-refractivity contribution in [2.75, 3.05) is 0 Å². The van der Waals surface area contributed by atoms with Crippen molar-refractivity contribution in [2.45, 2.75) is 43.0 Å². The van der Waals surface area contributed by atoms with Crippen LogP contribution in [0.5, 0.6) is 0 Å². The highest BCUT2D eigenvalue weighted by molar-refractivity contribution is 9.10. The van der Waals surface area contributed by atoms with Gasteiger partial charge in [0, 0.05) is 16.9 Å². The fourth-order valence-electron chi connectivity index (χ4n) is 3.48. The molecule has 1 atom stereocenters. The molecule has 0 saturated heterocycles. The van der Waals surface area contributed by atoms with Crippen molar-refractivity contribution in [3.05, 3.63) is 100 Å². The molecule has 0 heterocycles. The Bertz CT molecular complexity index is 1110. The molecular formula is C25H26BrNO4S. The van der Waals surface area contributed by atoms with Crippen molar-refractivity contribution in [3.8, 4) is 0 Å². The summed E-state index contributed by atoms with van der Waals surface area (Å²) in [5, 5.41) is 8.81. The van der Waals surface area contributed by atoms with Crippen molar-refractivity contribution in [2.24, 2.45) is 0 Å². The number of rotatable bonds is 11. The molecule has 0 radical (unpaired) electrons. The summed E-state index contributed by atoms with van der Waals surface area (Å²) in [5.74, 6) is -0.801. The van der Waals surface area contributed by atoms with Crippen LogP contribution in [0.3, 0.4) is 0 Å². The van der Waals surface area contributed by atoms with E-state index < -0.39 is 22.0 Å². The van der Waals surface area contributed by atoms with Crippen molar-refractivity contribution < 1.29 is 18.3 Å². The highest BCUT2D eigenvalue weighted by atomic mass is 79.9. The number of aryl methyl sites for hydroxylation is 2. The lowest BCUT2D eigenvalue weighted by Gasteiger charge is -2.20. The molecule has 0 saturated carbocycles. The molecule has 3 aromatic rings. The Labute approximate surface area is 197 Å². The maximum Gasteiger partial charge on any atom is 0.303 e. The van der Waals surface area contributed by atoms with Gasteiger partial charge in [-0.05, 0) is 66.6 Å². The first-order valence-electron chi connectivity index (χ1n) is 10.5. The molecular weight excluding hydrogens is 490 g/mol. The third kappa shape index (κ3) is 7.29. The Hall–Kier alpha value is -2.48. The number of carbonyl (C=O) groups is 1. The number of sulfonamides is 1. The van der Waals surface area contributed by atoms with E-state index in [0.29, 0.717) is 19.3 Å². The Kier molecular flexibility index (Phi) is 8.61. The van der Waals surface area contributed by atoms with Crippen LogP contribution in [-0.4, -0.2) is 19.5 Å². The largest absolute Gasteiger partial charge is 0.481 e. The number of hydrogen-bond donors (Lipinski definition) is 2. The van der Waals surface area contributed by atoms with E-state index in [9.17, 15) is 13.2 Å². The highest BCUT2D eigenvalue weighted by Crippen LogP contribution is 2.24. The van der Waals surface area contributed by atoms with Crippen LogP contribution in [0.15, 0.2) is 88.2 Å². The average molecular weight is 516 g/mol. The van der Waals surface area contributed by atoms with Crippen LogP contribution >= 0.6 is 15.9 Å². The Balaban J connectivity index is 1.78. The third-order valence-corrected chi connectivity index (χ3v) is 7.24. The van der Waals surface area contributed by atoms with Gasteiger partial charge in [-0.2, -0.15) is 0 Å². The van der Waals surface area contributed by atoms with Gasteiger partial charge in [0.1, 0.15) is 0 Å². The molecule has 0 amide bonds. The lowest BCUT2D eigenvalue weighted by molar-refractivity contribution is -0.137. The van der Waals surface area contributed by atoms with E-state index in [0.717, 1.165) is 27.6 Å². The van der Waals surface area contributed by atoms with Crippen molar-refractivity contribution in [1.29, 1.82) is 0 Å². The number of aliphatic carboxylic acids is 1. The van der Waals surface area contributed by atoms with Crippen molar-refractivity contribution >= 4 is 31.9 Å². The number of hydrogen-bond acceptors (Lipinski definition) is 3. The Morgan fingerprint density at radius 1 is 0.875 bits per heavy atom. The number of carboxylic acid groups (broad SMARTS) is 1. The van der Waals surface area contributed by atoms with Gasteiger partial charge in [0.2, 0.25) is 10.0 Å². The zero-order valence-corrected chi connectivity index (χ0v) is 20.0. The minimum Gasteiger partial charge on any atom is -0.481 e. The standard InChI is InChI=1S/C25H26BrNO4S/c26-22-14-16-23(17-15-22)32(30,31)27-24(18-11-19-5-2-1-3-6-19)21-12-9-20(10-13-21)7-4-8-25(28)29/h1-3,5-6,9-10,12-17,24,27H,4,7-8,11,18H2,(H,28,29). The Morgan fingerprint density at radius 2 is 1.50 bits per heavy atom. The third-order valence-electron chi connectivity index (χ3n) is 5.22. The second-order valence-corrected chi connectivity index (χ2v) is 10.3. The van der Waals surface area contributed by atoms with E-state index >= 15 is 0 Å². The second-order valence-electron chi connectivity index (χ2n) is 7.64. The zero-order chi connectivity index (χ0) is 23.0. The molecule has 1 unspecified atom stereocenters. The van der Waals surface area contributed by atoms with Crippen LogP contribution in [0, 0.1) is 0 Å². The lowest BCUT2D eigenvalue weighted by atomic mass is 9.98. The maximum absolute atomic E-state index is 13.0. The van der Waals surface area contributed by atoms with E-state index in [1.807, 2.05) is 54.6 Å². The fourth-order valence-corrected chi connectivity index (χ4v) is 5.00. The SMILES string of the molecule is O=C(O)CCCc1ccc(C(CCc2ccccc2)NS(=O)(=O)c2ccc(Br)cc2)cc1. The number of nitrogens with one attached hydrogen (secondary N) is 1. The summed E-state index contributed by atoms with van der Waals surface area (Å²) in [6, 6.07) is 23.9. The van der Waals surface area contributed by atoms with E-state index in [1.54, 1.807) is 24.3 Å². The smallest absolute Gasteiger partial charge is 0.303 e. The average Bonchev–Trinajstić information content (AvgIpc) is 2.78. The molecule has 0 aromatic heterocycles. The summed E-state index contributed by atoms with van der Waals surface area (Å²) >= 11 is 3.34. The summed E-state index contributed by atoms with van der Waals surface area (Å²) in [4.78, 5) is 10.9. The molecule has 32 heavy (non-hydrogen) atoms. The predicted molar refractivity (Wildman–Crippen MR) is 129 cm³/mol. The van der Waals surface area contributed by atoms with Gasteiger partial charge in [-0.15, -0.1) is 0 Å². The molecule has 5 nitrogen and oxygen atoms in total. The molecule has 3 rings (SSSR count). The van der Waals surface area contributed by atoms with Gasteiger partial charge < -0.3 is 5.11 Å². The zero-order valence-electron chi connectivity index (χ0n) is 17.6. The van der Waals surface area contributed by atoms with Crippen molar-refractivity contribution in [1.82, 2.24) is 4.72 Å². The van der Waals surface area contributed by atoms with Gasteiger partial charge in [-0.3, -0.25) is 4.79 Å². The molecule has 7 heteroatoms. The maximum atomic E-state index is 13.0. The van der Waals surface area contributed by atoms with Crippen LogP contribution in [-0.2, 0) is 27.7 Å². The summed E-state index contributed by atoms with van der Waals surface area (Å²) in [7, 11) is -3.70. The van der Waals surface area contributed by atoms with Crippen LogP contribution in [0.1, 0.15) is 42.0 Å². The van der Waals surface area contributed by atoms with Crippen LogP contribution in [0.25, 0.3) is 0 Å².